The lowest BCUT2D eigenvalue weighted by atomic mass is 10.0. The van der Waals surface area contributed by atoms with Gasteiger partial charge in [0.1, 0.15) is 17.5 Å². The highest BCUT2D eigenvalue weighted by Crippen LogP contribution is 2.34. The number of H-pyrrole nitrogens is 1. The molecule has 3 aromatic heterocycles. The van der Waals surface area contributed by atoms with Gasteiger partial charge in [0, 0.05) is 41.8 Å². The van der Waals surface area contributed by atoms with Crippen LogP contribution >= 0.6 is 23.2 Å². The number of pyridine rings is 2. The van der Waals surface area contributed by atoms with Crippen molar-refractivity contribution in [2.75, 3.05) is 6.61 Å². The van der Waals surface area contributed by atoms with Gasteiger partial charge in [-0.05, 0) is 61.6 Å². The third-order valence-electron chi connectivity index (χ3n) is 5.72. The van der Waals surface area contributed by atoms with Crippen LogP contribution in [0.15, 0.2) is 48.9 Å². The molecular weight excluding hydrogens is 490 g/mol. The number of hydrogen-bond donors (Lipinski definition) is 2. The van der Waals surface area contributed by atoms with Gasteiger partial charge >= 0.3 is 0 Å². The number of rotatable bonds is 9. The summed E-state index contributed by atoms with van der Waals surface area (Å²) in [5.41, 5.74) is 3.01. The van der Waals surface area contributed by atoms with E-state index >= 15 is 4.39 Å². The maximum Gasteiger partial charge on any atom is 0.151 e. The minimum absolute atomic E-state index is 0.153. The minimum atomic E-state index is -0.495. The molecule has 0 radical (unpaired) electrons. The molecule has 4 aromatic rings. The third-order valence-corrected chi connectivity index (χ3v) is 6.32. The van der Waals surface area contributed by atoms with Gasteiger partial charge in [0.2, 0.25) is 0 Å². The van der Waals surface area contributed by atoms with E-state index < -0.39 is 11.9 Å². The number of nitrogens with zero attached hydrogens (tertiary/aromatic N) is 3. The van der Waals surface area contributed by atoms with Crippen LogP contribution in [0.4, 0.5) is 4.39 Å². The Morgan fingerprint density at radius 1 is 1.14 bits per heavy atom. The van der Waals surface area contributed by atoms with Crippen molar-refractivity contribution in [1.29, 1.82) is 0 Å². The molecule has 35 heavy (non-hydrogen) atoms. The predicted molar refractivity (Wildman–Crippen MR) is 137 cm³/mol. The number of hydrogen-bond acceptors (Lipinski definition) is 5. The summed E-state index contributed by atoms with van der Waals surface area (Å²) in [6, 6.07) is 8.96. The quantitative estimate of drug-likeness (QED) is 0.255. The minimum Gasteiger partial charge on any atom is -0.486 e. The zero-order valence-corrected chi connectivity index (χ0v) is 20.8. The number of fused-ring (bicyclic) bond motifs is 1. The molecule has 0 bridgehead atoms. The second-order valence-electron chi connectivity index (χ2n) is 8.46. The normalized spacial score (nSPS) is 13.7. The van der Waals surface area contributed by atoms with E-state index in [-0.39, 0.29) is 18.2 Å². The molecule has 4 rings (SSSR count). The first-order chi connectivity index (χ1) is 16.9. The number of aliphatic hydroxyl groups excluding tert-OH is 1. The predicted octanol–water partition coefficient (Wildman–Crippen LogP) is 6.83. The summed E-state index contributed by atoms with van der Waals surface area (Å²) in [6.45, 7) is 3.97. The number of halogens is 3. The van der Waals surface area contributed by atoms with Crippen molar-refractivity contribution in [1.82, 2.24) is 20.2 Å². The van der Waals surface area contributed by atoms with E-state index in [4.69, 9.17) is 33.0 Å². The Hall–Kier alpha value is -3.00. The molecular formula is C26H25Cl2FN4O2. The highest BCUT2D eigenvalue weighted by Gasteiger charge is 2.17. The van der Waals surface area contributed by atoms with Crippen LogP contribution in [-0.2, 0) is 6.42 Å². The Morgan fingerprint density at radius 3 is 2.60 bits per heavy atom. The molecule has 0 aliphatic rings. The first-order valence-electron chi connectivity index (χ1n) is 11.2. The maximum atomic E-state index is 15.2. The number of aliphatic hydroxyl groups is 1. The zero-order chi connectivity index (χ0) is 24.9. The summed E-state index contributed by atoms with van der Waals surface area (Å²) in [6.07, 6.45) is 7.20. The topological polar surface area (TPSA) is 83.9 Å². The van der Waals surface area contributed by atoms with Crippen molar-refractivity contribution in [2.45, 2.75) is 32.8 Å². The van der Waals surface area contributed by atoms with Crippen LogP contribution in [0.1, 0.15) is 48.9 Å². The number of aromatic amines is 1. The van der Waals surface area contributed by atoms with Crippen LogP contribution in [0.3, 0.4) is 0 Å². The van der Waals surface area contributed by atoms with Crippen molar-refractivity contribution in [2.24, 2.45) is 5.92 Å². The largest absolute Gasteiger partial charge is 0.486 e. The van der Waals surface area contributed by atoms with Gasteiger partial charge in [-0.3, -0.25) is 15.1 Å². The first kappa shape index (κ1) is 25.1. The summed E-state index contributed by atoms with van der Waals surface area (Å²) in [4.78, 5) is 8.37. The Labute approximate surface area is 212 Å². The fraction of sp³-hybridized carbons (Fsp3) is 0.269. The van der Waals surface area contributed by atoms with E-state index in [1.165, 1.54) is 18.5 Å². The van der Waals surface area contributed by atoms with E-state index in [2.05, 4.69) is 20.2 Å². The average molecular weight is 515 g/mol. The molecule has 9 heteroatoms. The molecule has 3 heterocycles. The second kappa shape index (κ2) is 11.2. The molecule has 1 aromatic carbocycles. The summed E-state index contributed by atoms with van der Waals surface area (Å²) in [5, 5.41) is 17.6. The fourth-order valence-electron chi connectivity index (χ4n) is 3.69. The van der Waals surface area contributed by atoms with E-state index in [0.29, 0.717) is 37.8 Å². The highest BCUT2D eigenvalue weighted by atomic mass is 35.5. The van der Waals surface area contributed by atoms with Crippen LogP contribution in [0.2, 0.25) is 10.0 Å². The maximum absolute atomic E-state index is 15.2. The number of aryl methyl sites for hydroxylation is 1. The van der Waals surface area contributed by atoms with Crippen LogP contribution in [0, 0.1) is 5.92 Å². The zero-order valence-electron chi connectivity index (χ0n) is 19.3. The standard InChI is InChI=1S/C26H25Cl2FN4O2/c1-15(14-34)3-5-18-6-4-17(11-31-18)9-23(29)26-20-10-19(7-8-24(20)32-33-26)35-16(2)25-21(27)12-30-13-22(25)28/h4,6-13,15-16,34H,3,5,14H2,1-2H3,(H,32,33)/b23-9-/t15-,16+/m1/s1. The SMILES string of the molecule is C[C@@H](CO)CCc1ccc(/C=C(\F)c2n[nH]c3ccc(O[C@@H](C)c4c(Cl)cncc4Cl)cc23)cn1. The Bertz CT molecular complexity index is 1320. The third kappa shape index (κ3) is 5.99. The second-order valence-corrected chi connectivity index (χ2v) is 9.27. The number of aromatic nitrogens is 4. The van der Waals surface area contributed by atoms with E-state index in [0.717, 1.165) is 18.5 Å². The Morgan fingerprint density at radius 2 is 1.91 bits per heavy atom. The molecule has 0 fully saturated rings. The van der Waals surface area contributed by atoms with Crippen molar-refractivity contribution in [3.05, 3.63) is 81.5 Å². The molecule has 0 saturated heterocycles. The lowest BCUT2D eigenvalue weighted by molar-refractivity contribution is 0.227. The molecule has 0 saturated carbocycles. The van der Waals surface area contributed by atoms with E-state index in [1.807, 2.05) is 26.0 Å². The van der Waals surface area contributed by atoms with E-state index in [9.17, 15) is 0 Å². The molecule has 0 aliphatic heterocycles. The lowest BCUT2D eigenvalue weighted by Crippen LogP contribution is -2.05. The monoisotopic (exact) mass is 514 g/mol. The smallest absolute Gasteiger partial charge is 0.151 e. The van der Waals surface area contributed by atoms with Crippen LogP contribution in [-0.4, -0.2) is 31.9 Å². The van der Waals surface area contributed by atoms with Crippen LogP contribution < -0.4 is 4.74 Å². The van der Waals surface area contributed by atoms with Crippen LogP contribution in [0.25, 0.3) is 22.8 Å². The lowest BCUT2D eigenvalue weighted by Gasteiger charge is -2.17. The Kier molecular flexibility index (Phi) is 8.00. The van der Waals surface area contributed by atoms with Crippen molar-refractivity contribution >= 4 is 46.0 Å². The molecule has 2 atom stereocenters. The number of benzene rings is 1. The molecule has 182 valence electrons. The van der Waals surface area contributed by atoms with Gasteiger partial charge in [0.15, 0.2) is 5.83 Å². The summed E-state index contributed by atoms with van der Waals surface area (Å²) in [7, 11) is 0. The van der Waals surface area contributed by atoms with E-state index in [1.54, 1.807) is 24.4 Å². The van der Waals surface area contributed by atoms with Gasteiger partial charge < -0.3 is 9.84 Å². The molecule has 0 aliphatic carbocycles. The summed E-state index contributed by atoms with van der Waals surface area (Å²) in [5.74, 6) is 0.245. The molecule has 6 nitrogen and oxygen atoms in total. The molecule has 2 N–H and O–H groups in total. The van der Waals surface area contributed by atoms with Gasteiger partial charge in [0.05, 0.1) is 15.6 Å². The van der Waals surface area contributed by atoms with Crippen molar-refractivity contribution < 1.29 is 14.2 Å². The molecule has 0 spiro atoms. The fourth-order valence-corrected chi connectivity index (χ4v) is 4.36. The Balaban J connectivity index is 1.54. The number of ether oxygens (including phenoxy) is 1. The first-order valence-corrected chi connectivity index (χ1v) is 12.0. The molecule has 0 amide bonds. The van der Waals surface area contributed by atoms with Gasteiger partial charge in [-0.1, -0.05) is 36.2 Å². The van der Waals surface area contributed by atoms with Crippen LogP contribution in [0.5, 0.6) is 5.75 Å². The van der Waals surface area contributed by atoms with Crippen molar-refractivity contribution in [3.63, 3.8) is 0 Å². The van der Waals surface area contributed by atoms with Gasteiger partial charge in [-0.2, -0.15) is 5.10 Å². The number of nitrogens with one attached hydrogen (secondary N) is 1. The van der Waals surface area contributed by atoms with Gasteiger partial charge in [0.25, 0.3) is 0 Å². The average Bonchev–Trinajstić information content (AvgIpc) is 3.26. The van der Waals surface area contributed by atoms with Gasteiger partial charge in [-0.25, -0.2) is 4.39 Å². The van der Waals surface area contributed by atoms with Gasteiger partial charge in [-0.15, -0.1) is 0 Å². The highest BCUT2D eigenvalue weighted by molar-refractivity contribution is 6.35. The molecule has 0 unspecified atom stereocenters. The summed E-state index contributed by atoms with van der Waals surface area (Å²) >= 11 is 12.5. The summed E-state index contributed by atoms with van der Waals surface area (Å²) < 4.78 is 21.2. The van der Waals surface area contributed by atoms with Crippen molar-refractivity contribution in [3.8, 4) is 5.75 Å².